The van der Waals surface area contributed by atoms with Gasteiger partial charge in [-0.25, -0.2) is 21.6 Å². The van der Waals surface area contributed by atoms with Crippen molar-refractivity contribution in [1.29, 1.82) is 0 Å². The smallest absolute Gasteiger partial charge is 0.240 e. The molecular formula is C23H30N4O6S2. The lowest BCUT2D eigenvalue weighted by Crippen LogP contribution is -2.26. The standard InChI is InChI=1S/C23H30N4O6S2/c1-15-7-8-20(16(2)11-15)33-10-6-9-24-35(31,32)19-12-17(3)23(18(4)13-19)27-22(28)14-21(25-27)26-34(5,29)30/h7-8,11-14,24,28H,6,9-10H2,1-5H3,(H,25,26). The van der Waals surface area contributed by atoms with Gasteiger partial charge in [-0.1, -0.05) is 17.7 Å². The lowest BCUT2D eigenvalue weighted by Gasteiger charge is -2.14. The van der Waals surface area contributed by atoms with Crippen LogP contribution >= 0.6 is 0 Å². The summed E-state index contributed by atoms with van der Waals surface area (Å²) in [5.41, 5.74) is 3.69. The fraction of sp³-hybridized carbons (Fsp3) is 0.348. The molecule has 2 aromatic carbocycles. The van der Waals surface area contributed by atoms with Crippen molar-refractivity contribution in [2.24, 2.45) is 0 Å². The van der Waals surface area contributed by atoms with Gasteiger partial charge in [0, 0.05) is 12.6 Å². The molecule has 10 nitrogen and oxygen atoms in total. The topological polar surface area (TPSA) is 140 Å². The molecule has 1 heterocycles. The van der Waals surface area contributed by atoms with Gasteiger partial charge in [0.2, 0.25) is 25.9 Å². The van der Waals surface area contributed by atoms with Crippen LogP contribution in [-0.4, -0.2) is 51.1 Å². The Hall–Kier alpha value is -3.09. The van der Waals surface area contributed by atoms with Gasteiger partial charge in [0.05, 0.1) is 23.4 Å². The normalized spacial score (nSPS) is 12.0. The number of nitrogens with one attached hydrogen (secondary N) is 2. The minimum absolute atomic E-state index is 0.0507. The summed E-state index contributed by atoms with van der Waals surface area (Å²) in [6, 6.07) is 10.0. The fourth-order valence-corrected chi connectivity index (χ4v) is 5.41. The minimum Gasteiger partial charge on any atom is -0.493 e. The van der Waals surface area contributed by atoms with E-state index in [2.05, 4.69) is 14.5 Å². The van der Waals surface area contributed by atoms with Crippen LogP contribution in [-0.2, 0) is 20.0 Å². The highest BCUT2D eigenvalue weighted by molar-refractivity contribution is 7.92. The third-order valence-corrected chi connectivity index (χ3v) is 7.19. The Morgan fingerprint density at radius 1 is 0.971 bits per heavy atom. The second kappa shape index (κ2) is 10.3. The first-order valence-corrected chi connectivity index (χ1v) is 14.2. The fourth-order valence-electron chi connectivity index (χ4n) is 3.69. The Kier molecular flexibility index (Phi) is 7.77. The van der Waals surface area contributed by atoms with E-state index in [0.29, 0.717) is 29.8 Å². The molecule has 0 radical (unpaired) electrons. The zero-order valence-electron chi connectivity index (χ0n) is 20.3. The molecule has 35 heavy (non-hydrogen) atoms. The number of hydrogen-bond acceptors (Lipinski definition) is 7. The Labute approximate surface area is 206 Å². The Morgan fingerprint density at radius 3 is 2.23 bits per heavy atom. The number of anilines is 1. The van der Waals surface area contributed by atoms with Gasteiger partial charge >= 0.3 is 0 Å². The number of aryl methyl sites for hydroxylation is 4. The second-order valence-corrected chi connectivity index (χ2v) is 12.0. The predicted molar refractivity (Wildman–Crippen MR) is 134 cm³/mol. The average molecular weight is 523 g/mol. The molecule has 0 bridgehead atoms. The lowest BCUT2D eigenvalue weighted by molar-refractivity contribution is 0.309. The summed E-state index contributed by atoms with van der Waals surface area (Å²) in [6.45, 7) is 7.91. The molecule has 190 valence electrons. The molecule has 0 aliphatic carbocycles. The molecule has 1 aromatic heterocycles. The molecule has 12 heteroatoms. The predicted octanol–water partition coefficient (Wildman–Crippen LogP) is 2.93. The van der Waals surface area contributed by atoms with E-state index < -0.39 is 20.0 Å². The lowest BCUT2D eigenvalue weighted by atomic mass is 10.1. The monoisotopic (exact) mass is 522 g/mol. The molecular weight excluding hydrogens is 492 g/mol. The summed E-state index contributed by atoms with van der Waals surface area (Å²) in [6.07, 6.45) is 1.46. The third-order valence-electron chi connectivity index (χ3n) is 5.17. The van der Waals surface area contributed by atoms with Crippen molar-refractivity contribution in [3.8, 4) is 17.3 Å². The molecule has 0 atom stereocenters. The summed E-state index contributed by atoms with van der Waals surface area (Å²) < 4.78 is 60.3. The van der Waals surface area contributed by atoms with E-state index in [4.69, 9.17) is 4.74 Å². The van der Waals surface area contributed by atoms with Crippen LogP contribution < -0.4 is 14.2 Å². The first-order chi connectivity index (χ1) is 16.3. The maximum absolute atomic E-state index is 12.8. The van der Waals surface area contributed by atoms with E-state index in [-0.39, 0.29) is 23.1 Å². The van der Waals surface area contributed by atoms with Crippen molar-refractivity contribution in [1.82, 2.24) is 14.5 Å². The number of sulfonamides is 2. The van der Waals surface area contributed by atoms with Crippen molar-refractivity contribution in [3.63, 3.8) is 0 Å². The summed E-state index contributed by atoms with van der Waals surface area (Å²) >= 11 is 0. The average Bonchev–Trinajstić information content (AvgIpc) is 3.06. The van der Waals surface area contributed by atoms with Gasteiger partial charge in [0.25, 0.3) is 0 Å². The van der Waals surface area contributed by atoms with Gasteiger partial charge < -0.3 is 9.84 Å². The van der Waals surface area contributed by atoms with Crippen LogP contribution in [0.15, 0.2) is 41.3 Å². The highest BCUT2D eigenvalue weighted by atomic mass is 32.2. The first-order valence-electron chi connectivity index (χ1n) is 10.8. The van der Waals surface area contributed by atoms with Crippen LogP contribution in [0.3, 0.4) is 0 Å². The Bertz CT molecular complexity index is 1420. The molecule has 0 aliphatic heterocycles. The number of aromatic nitrogens is 2. The third kappa shape index (κ3) is 6.74. The molecule has 0 saturated carbocycles. The van der Waals surface area contributed by atoms with Gasteiger partial charge in [-0.2, -0.15) is 4.68 Å². The number of aromatic hydroxyl groups is 1. The minimum atomic E-state index is -3.78. The summed E-state index contributed by atoms with van der Waals surface area (Å²) in [5.74, 6) is 0.433. The van der Waals surface area contributed by atoms with Crippen molar-refractivity contribution >= 4 is 25.9 Å². The van der Waals surface area contributed by atoms with E-state index in [1.165, 1.54) is 18.2 Å². The van der Waals surface area contributed by atoms with Crippen LogP contribution in [0, 0.1) is 27.7 Å². The van der Waals surface area contributed by atoms with Crippen LogP contribution in [0.5, 0.6) is 11.6 Å². The molecule has 0 fully saturated rings. The van der Waals surface area contributed by atoms with Crippen LogP contribution in [0.4, 0.5) is 5.82 Å². The SMILES string of the molecule is Cc1ccc(OCCCNS(=O)(=O)c2cc(C)c(-n3nc(NS(C)(=O)=O)cc3O)c(C)c2)c(C)c1. The molecule has 0 spiro atoms. The van der Waals surface area contributed by atoms with Crippen molar-refractivity contribution in [2.45, 2.75) is 39.0 Å². The molecule has 3 rings (SSSR count). The van der Waals surface area contributed by atoms with E-state index >= 15 is 0 Å². The van der Waals surface area contributed by atoms with E-state index in [9.17, 15) is 21.9 Å². The summed E-state index contributed by atoms with van der Waals surface area (Å²) in [5, 5.41) is 14.3. The van der Waals surface area contributed by atoms with Gasteiger partial charge in [-0.05, 0) is 69.0 Å². The van der Waals surface area contributed by atoms with Crippen molar-refractivity contribution < 1.29 is 26.7 Å². The van der Waals surface area contributed by atoms with E-state index in [1.807, 2.05) is 32.0 Å². The zero-order valence-corrected chi connectivity index (χ0v) is 21.9. The van der Waals surface area contributed by atoms with E-state index in [1.54, 1.807) is 13.8 Å². The Balaban J connectivity index is 1.69. The van der Waals surface area contributed by atoms with Gasteiger partial charge in [-0.3, -0.25) is 4.72 Å². The maximum atomic E-state index is 12.8. The molecule has 0 amide bonds. The number of hydrogen-bond donors (Lipinski definition) is 3. The number of nitrogens with zero attached hydrogens (tertiary/aromatic N) is 2. The first kappa shape index (κ1) is 26.5. The highest BCUT2D eigenvalue weighted by Crippen LogP contribution is 2.28. The van der Waals surface area contributed by atoms with Gasteiger partial charge in [-0.15, -0.1) is 5.10 Å². The van der Waals surface area contributed by atoms with E-state index in [0.717, 1.165) is 27.8 Å². The number of rotatable bonds is 10. The summed E-state index contributed by atoms with van der Waals surface area (Å²) in [4.78, 5) is 0.0766. The second-order valence-electron chi connectivity index (χ2n) is 8.45. The molecule has 0 unspecified atom stereocenters. The molecule has 3 aromatic rings. The van der Waals surface area contributed by atoms with Crippen LogP contribution in [0.2, 0.25) is 0 Å². The highest BCUT2D eigenvalue weighted by Gasteiger charge is 2.20. The van der Waals surface area contributed by atoms with Crippen LogP contribution in [0.25, 0.3) is 5.69 Å². The summed E-state index contributed by atoms with van der Waals surface area (Å²) in [7, 11) is -7.36. The maximum Gasteiger partial charge on any atom is 0.240 e. The Morgan fingerprint density at radius 2 is 1.63 bits per heavy atom. The molecule has 3 N–H and O–H groups in total. The van der Waals surface area contributed by atoms with Crippen molar-refractivity contribution in [2.75, 3.05) is 24.1 Å². The van der Waals surface area contributed by atoms with Gasteiger partial charge in [0.1, 0.15) is 5.75 Å². The largest absolute Gasteiger partial charge is 0.493 e. The quantitative estimate of drug-likeness (QED) is 0.348. The zero-order chi connectivity index (χ0) is 26.0. The van der Waals surface area contributed by atoms with Gasteiger partial charge in [0.15, 0.2) is 5.82 Å². The number of benzene rings is 2. The molecule has 0 aliphatic rings. The number of ether oxygens (including phenoxy) is 1. The van der Waals surface area contributed by atoms with Crippen molar-refractivity contribution in [3.05, 3.63) is 58.7 Å². The van der Waals surface area contributed by atoms with Crippen LogP contribution in [0.1, 0.15) is 28.7 Å². The molecule has 0 saturated heterocycles.